The second kappa shape index (κ2) is 8.21. The molecule has 0 bridgehead atoms. The van der Waals surface area contributed by atoms with Crippen molar-refractivity contribution in [1.82, 2.24) is 15.5 Å². The first-order chi connectivity index (χ1) is 11.6. The Kier molecular flexibility index (Phi) is 6.00. The van der Waals surface area contributed by atoms with Crippen molar-refractivity contribution in [2.45, 2.75) is 25.3 Å². The van der Waals surface area contributed by atoms with Crippen LogP contribution in [0.3, 0.4) is 0 Å². The van der Waals surface area contributed by atoms with Crippen molar-refractivity contribution in [3.05, 3.63) is 28.7 Å². The fourth-order valence-corrected chi connectivity index (χ4v) is 4.05. The van der Waals surface area contributed by atoms with E-state index >= 15 is 0 Å². The number of likely N-dealkylation sites (tertiary alicyclic amines) is 1. The summed E-state index contributed by atoms with van der Waals surface area (Å²) in [7, 11) is 2.11. The molecule has 2 fully saturated rings. The highest BCUT2D eigenvalue weighted by Gasteiger charge is 2.24. The Balaban J connectivity index is 1.40. The van der Waals surface area contributed by atoms with Gasteiger partial charge in [0.05, 0.1) is 0 Å². The lowest BCUT2D eigenvalue weighted by Gasteiger charge is -2.30. The zero-order chi connectivity index (χ0) is 16.9. The van der Waals surface area contributed by atoms with Crippen molar-refractivity contribution >= 4 is 27.6 Å². The molecule has 0 unspecified atom stereocenters. The number of hydrogen-bond acceptors (Lipinski definition) is 3. The van der Waals surface area contributed by atoms with E-state index in [1.807, 2.05) is 6.07 Å². The maximum Gasteiger partial charge on any atom is 0.315 e. The average molecular weight is 395 g/mol. The van der Waals surface area contributed by atoms with Crippen LogP contribution in [0.5, 0.6) is 0 Å². The summed E-state index contributed by atoms with van der Waals surface area (Å²) in [5.41, 5.74) is 1.25. The predicted octanol–water partition coefficient (Wildman–Crippen LogP) is 2.67. The van der Waals surface area contributed by atoms with Gasteiger partial charge in [0, 0.05) is 42.4 Å². The lowest BCUT2D eigenvalue weighted by Crippen LogP contribution is -2.50. The normalized spacial score (nSPS) is 24.8. The molecule has 24 heavy (non-hydrogen) atoms. The number of amides is 2. The highest BCUT2D eigenvalue weighted by Crippen LogP contribution is 2.25. The van der Waals surface area contributed by atoms with Crippen molar-refractivity contribution in [2.24, 2.45) is 5.92 Å². The smallest absolute Gasteiger partial charge is 0.315 e. The number of urea groups is 1. The minimum atomic E-state index is -0.0174. The first-order valence-corrected chi connectivity index (χ1v) is 9.63. The van der Waals surface area contributed by atoms with E-state index in [2.05, 4.69) is 61.6 Å². The maximum atomic E-state index is 12.1. The summed E-state index contributed by atoms with van der Waals surface area (Å²) < 4.78 is 1.11. The van der Waals surface area contributed by atoms with Gasteiger partial charge < -0.3 is 20.4 Å². The Hall–Kier alpha value is -1.27. The molecule has 2 saturated heterocycles. The molecule has 0 saturated carbocycles. The lowest BCUT2D eigenvalue weighted by molar-refractivity contribution is 0.208. The molecule has 132 valence electrons. The first-order valence-electron chi connectivity index (χ1n) is 8.83. The van der Waals surface area contributed by atoms with Crippen LogP contribution in [0.1, 0.15) is 19.3 Å². The predicted molar refractivity (Wildman–Crippen MR) is 102 cm³/mol. The number of hydrogen-bond donors (Lipinski definition) is 2. The zero-order valence-electron chi connectivity index (χ0n) is 14.3. The van der Waals surface area contributed by atoms with Crippen molar-refractivity contribution in [1.29, 1.82) is 0 Å². The fourth-order valence-electron chi connectivity index (χ4n) is 3.66. The van der Waals surface area contributed by atoms with Gasteiger partial charge in [0.2, 0.25) is 0 Å². The van der Waals surface area contributed by atoms with Gasteiger partial charge in [0.25, 0.3) is 0 Å². The molecule has 2 N–H and O–H groups in total. The number of piperidine rings is 1. The molecular formula is C18H27BrN4O. The van der Waals surface area contributed by atoms with Gasteiger partial charge in [-0.2, -0.15) is 0 Å². The van der Waals surface area contributed by atoms with E-state index in [4.69, 9.17) is 0 Å². The third-order valence-corrected chi connectivity index (χ3v) is 5.46. The number of nitrogens with zero attached hydrogens (tertiary/aromatic N) is 2. The highest BCUT2D eigenvalue weighted by atomic mass is 79.9. The average Bonchev–Trinajstić information content (AvgIpc) is 3.02. The molecule has 5 nitrogen and oxygen atoms in total. The molecule has 2 aliphatic heterocycles. The molecule has 0 aromatic heterocycles. The summed E-state index contributed by atoms with van der Waals surface area (Å²) in [5, 5.41) is 6.18. The molecule has 2 aliphatic rings. The summed E-state index contributed by atoms with van der Waals surface area (Å²) in [5.74, 6) is 0.517. The molecule has 2 atom stereocenters. The Morgan fingerprint density at radius 1 is 1.29 bits per heavy atom. The van der Waals surface area contributed by atoms with Crippen molar-refractivity contribution in [2.75, 3.05) is 44.7 Å². The van der Waals surface area contributed by atoms with Crippen molar-refractivity contribution in [3.8, 4) is 0 Å². The molecule has 3 rings (SSSR count). The second-order valence-electron chi connectivity index (χ2n) is 7.04. The monoisotopic (exact) mass is 394 g/mol. The van der Waals surface area contributed by atoms with E-state index in [1.54, 1.807) is 0 Å². The number of carbonyl (C=O) groups excluding carboxylic acids is 1. The standard InChI is InChI=1S/C18H27BrN4O/c1-22-8-3-5-16(13-22)21-18(24)20-11-14-7-9-23(12-14)17-6-2-4-15(19)10-17/h2,4,6,10,14,16H,3,5,7-9,11-13H2,1H3,(H2,20,21,24)/t14-,16-/m0/s1. The van der Waals surface area contributed by atoms with Gasteiger partial charge in [-0.3, -0.25) is 0 Å². The van der Waals surface area contributed by atoms with E-state index in [0.717, 1.165) is 56.5 Å². The number of halogens is 1. The number of benzene rings is 1. The van der Waals surface area contributed by atoms with Gasteiger partial charge >= 0.3 is 6.03 Å². The van der Waals surface area contributed by atoms with Crippen LogP contribution in [0.25, 0.3) is 0 Å². The van der Waals surface area contributed by atoms with Gasteiger partial charge in [-0.25, -0.2) is 4.79 Å². The minimum absolute atomic E-state index is 0.0174. The molecular weight excluding hydrogens is 368 g/mol. The Labute approximate surface area is 152 Å². The van der Waals surface area contributed by atoms with Crippen LogP contribution in [0.2, 0.25) is 0 Å². The van der Waals surface area contributed by atoms with E-state index in [-0.39, 0.29) is 12.1 Å². The van der Waals surface area contributed by atoms with Crippen LogP contribution in [-0.4, -0.2) is 56.7 Å². The molecule has 0 aliphatic carbocycles. The second-order valence-corrected chi connectivity index (χ2v) is 7.95. The van der Waals surface area contributed by atoms with Crippen LogP contribution in [0.15, 0.2) is 28.7 Å². The quantitative estimate of drug-likeness (QED) is 0.824. The van der Waals surface area contributed by atoms with Gasteiger partial charge in [-0.15, -0.1) is 0 Å². The lowest BCUT2D eigenvalue weighted by atomic mass is 10.1. The third kappa shape index (κ3) is 4.86. The van der Waals surface area contributed by atoms with Gasteiger partial charge in [-0.1, -0.05) is 22.0 Å². The van der Waals surface area contributed by atoms with Gasteiger partial charge in [-0.05, 0) is 57.0 Å². The zero-order valence-corrected chi connectivity index (χ0v) is 15.9. The van der Waals surface area contributed by atoms with Crippen molar-refractivity contribution in [3.63, 3.8) is 0 Å². The van der Waals surface area contributed by atoms with E-state index in [0.29, 0.717) is 5.92 Å². The molecule has 6 heteroatoms. The number of likely N-dealkylation sites (N-methyl/N-ethyl adjacent to an activating group) is 1. The van der Waals surface area contributed by atoms with Crippen LogP contribution in [0.4, 0.5) is 10.5 Å². The largest absolute Gasteiger partial charge is 0.371 e. The van der Waals surface area contributed by atoms with E-state index in [1.165, 1.54) is 5.69 Å². The van der Waals surface area contributed by atoms with Gasteiger partial charge in [0.1, 0.15) is 0 Å². The summed E-state index contributed by atoms with van der Waals surface area (Å²) in [6.07, 6.45) is 3.36. The summed E-state index contributed by atoms with van der Waals surface area (Å²) >= 11 is 3.53. The Morgan fingerprint density at radius 2 is 2.17 bits per heavy atom. The van der Waals surface area contributed by atoms with Crippen molar-refractivity contribution < 1.29 is 4.79 Å². The Bertz CT molecular complexity index is 568. The number of anilines is 1. The Morgan fingerprint density at radius 3 is 2.96 bits per heavy atom. The van der Waals surface area contributed by atoms with Crippen LogP contribution in [-0.2, 0) is 0 Å². The topological polar surface area (TPSA) is 47.6 Å². The van der Waals surface area contributed by atoms with E-state index < -0.39 is 0 Å². The molecule has 2 heterocycles. The number of rotatable bonds is 4. The van der Waals surface area contributed by atoms with Gasteiger partial charge in [0.15, 0.2) is 0 Å². The molecule has 1 aromatic rings. The third-order valence-electron chi connectivity index (χ3n) is 4.97. The minimum Gasteiger partial charge on any atom is -0.371 e. The summed E-state index contributed by atoms with van der Waals surface area (Å²) in [6.45, 7) is 4.89. The SMILES string of the molecule is CN1CCC[C@H](NC(=O)NC[C@@H]2CCN(c3cccc(Br)c3)C2)C1. The highest BCUT2D eigenvalue weighted by molar-refractivity contribution is 9.10. The first kappa shape index (κ1) is 17.5. The molecule has 0 radical (unpaired) electrons. The summed E-state index contributed by atoms with van der Waals surface area (Å²) in [6, 6.07) is 8.68. The van der Waals surface area contributed by atoms with Crippen LogP contribution >= 0.6 is 15.9 Å². The molecule has 2 amide bonds. The maximum absolute atomic E-state index is 12.1. The van der Waals surface area contributed by atoms with Crippen LogP contribution < -0.4 is 15.5 Å². The van der Waals surface area contributed by atoms with E-state index in [9.17, 15) is 4.79 Å². The molecule has 0 spiro atoms. The summed E-state index contributed by atoms with van der Waals surface area (Å²) in [4.78, 5) is 16.8. The fraction of sp³-hybridized carbons (Fsp3) is 0.611. The molecule has 1 aromatic carbocycles. The number of nitrogens with one attached hydrogen (secondary N) is 2. The van der Waals surface area contributed by atoms with Crippen LogP contribution in [0, 0.1) is 5.92 Å². The number of carbonyl (C=O) groups is 1.